The summed E-state index contributed by atoms with van der Waals surface area (Å²) < 4.78 is 0. The molecule has 1 aliphatic rings. The van der Waals surface area contributed by atoms with Crippen LogP contribution >= 0.6 is 0 Å². The van der Waals surface area contributed by atoms with Gasteiger partial charge in [-0.1, -0.05) is 30.3 Å². The molecule has 0 atom stereocenters. The molecule has 2 aromatic rings. The Balaban J connectivity index is 1.56. The first-order valence-corrected chi connectivity index (χ1v) is 6.97. The molecule has 0 heterocycles. The average Bonchev–Trinajstić information content (AvgIpc) is 2.88. The van der Waals surface area contributed by atoms with Crippen molar-refractivity contribution in [1.29, 1.82) is 0 Å². The monoisotopic (exact) mass is 252 g/mol. The third kappa shape index (κ3) is 2.96. The lowest BCUT2D eigenvalue weighted by molar-refractivity contribution is 0.693. The molecule has 0 radical (unpaired) electrons. The number of hydrogen-bond acceptors (Lipinski definition) is 2. The van der Waals surface area contributed by atoms with Crippen LogP contribution in [0.4, 0.5) is 5.69 Å². The van der Waals surface area contributed by atoms with E-state index in [1.54, 1.807) is 11.1 Å². The second kappa shape index (κ2) is 5.45. The van der Waals surface area contributed by atoms with Crippen LogP contribution in [0, 0.1) is 0 Å². The molecule has 0 aromatic heterocycles. The minimum Gasteiger partial charge on any atom is -0.399 e. The van der Waals surface area contributed by atoms with Crippen LogP contribution in [0.25, 0.3) is 0 Å². The fraction of sp³-hybridized carbons (Fsp3) is 0.294. The third-order valence-electron chi connectivity index (χ3n) is 3.80. The van der Waals surface area contributed by atoms with E-state index in [0.717, 1.165) is 18.8 Å². The second-order valence-electron chi connectivity index (χ2n) is 5.30. The summed E-state index contributed by atoms with van der Waals surface area (Å²) in [4.78, 5) is 0. The van der Waals surface area contributed by atoms with Gasteiger partial charge >= 0.3 is 0 Å². The highest BCUT2D eigenvalue weighted by Crippen LogP contribution is 2.22. The molecule has 0 unspecified atom stereocenters. The lowest BCUT2D eigenvalue weighted by atomic mass is 10.1. The van der Waals surface area contributed by atoms with Crippen molar-refractivity contribution in [2.24, 2.45) is 0 Å². The van der Waals surface area contributed by atoms with E-state index in [1.807, 2.05) is 12.1 Å². The van der Waals surface area contributed by atoms with Gasteiger partial charge in [0, 0.05) is 18.8 Å². The highest BCUT2D eigenvalue weighted by molar-refractivity contribution is 5.39. The standard InChI is InChI=1S/C17H20N2/c18-17-8-5-13(6-9-17)11-19-12-14-4-7-15-2-1-3-16(15)10-14/h4-10,19H,1-3,11-12,18H2. The van der Waals surface area contributed by atoms with E-state index in [1.165, 1.54) is 30.4 Å². The lowest BCUT2D eigenvalue weighted by Crippen LogP contribution is -2.12. The van der Waals surface area contributed by atoms with Crippen LogP contribution in [-0.4, -0.2) is 0 Å². The Morgan fingerprint density at radius 1 is 0.842 bits per heavy atom. The number of benzene rings is 2. The fourth-order valence-electron chi connectivity index (χ4n) is 2.72. The van der Waals surface area contributed by atoms with Crippen molar-refractivity contribution in [3.05, 3.63) is 64.7 Å². The van der Waals surface area contributed by atoms with E-state index < -0.39 is 0 Å². The number of rotatable bonds is 4. The maximum absolute atomic E-state index is 5.68. The molecule has 0 fully saturated rings. The van der Waals surface area contributed by atoms with Gasteiger partial charge < -0.3 is 11.1 Å². The molecule has 19 heavy (non-hydrogen) atoms. The Labute approximate surface area is 114 Å². The summed E-state index contributed by atoms with van der Waals surface area (Å²) >= 11 is 0. The molecule has 0 spiro atoms. The predicted octanol–water partition coefficient (Wildman–Crippen LogP) is 3.05. The first-order chi connectivity index (χ1) is 9.31. The minimum atomic E-state index is 0.822. The minimum absolute atomic E-state index is 0.822. The van der Waals surface area contributed by atoms with E-state index in [0.29, 0.717) is 0 Å². The van der Waals surface area contributed by atoms with E-state index in [4.69, 9.17) is 5.73 Å². The Kier molecular flexibility index (Phi) is 3.51. The van der Waals surface area contributed by atoms with E-state index in [2.05, 4.69) is 35.6 Å². The fourth-order valence-corrected chi connectivity index (χ4v) is 2.72. The van der Waals surface area contributed by atoms with Gasteiger partial charge in [-0.15, -0.1) is 0 Å². The van der Waals surface area contributed by atoms with Crippen LogP contribution in [-0.2, 0) is 25.9 Å². The van der Waals surface area contributed by atoms with E-state index in [-0.39, 0.29) is 0 Å². The average molecular weight is 252 g/mol. The van der Waals surface area contributed by atoms with Gasteiger partial charge in [0.15, 0.2) is 0 Å². The first kappa shape index (κ1) is 12.2. The molecule has 98 valence electrons. The molecule has 0 amide bonds. The Morgan fingerprint density at radius 3 is 2.37 bits per heavy atom. The summed E-state index contributed by atoms with van der Waals surface area (Å²) in [6.45, 7) is 1.81. The summed E-state index contributed by atoms with van der Waals surface area (Å²) in [6, 6.07) is 15.0. The molecular weight excluding hydrogens is 232 g/mol. The zero-order valence-corrected chi connectivity index (χ0v) is 11.2. The zero-order valence-electron chi connectivity index (χ0n) is 11.2. The third-order valence-corrected chi connectivity index (χ3v) is 3.80. The van der Waals surface area contributed by atoms with Crippen molar-refractivity contribution in [2.75, 3.05) is 5.73 Å². The van der Waals surface area contributed by atoms with Crippen molar-refractivity contribution >= 4 is 5.69 Å². The van der Waals surface area contributed by atoms with Gasteiger partial charge in [0.25, 0.3) is 0 Å². The zero-order chi connectivity index (χ0) is 13.1. The molecule has 3 rings (SSSR count). The quantitative estimate of drug-likeness (QED) is 0.821. The van der Waals surface area contributed by atoms with Gasteiger partial charge in [0.2, 0.25) is 0 Å². The SMILES string of the molecule is Nc1ccc(CNCc2ccc3c(c2)CCC3)cc1. The molecule has 2 heteroatoms. The Morgan fingerprint density at radius 2 is 1.53 bits per heavy atom. The molecule has 0 aliphatic heterocycles. The lowest BCUT2D eigenvalue weighted by Gasteiger charge is -2.07. The van der Waals surface area contributed by atoms with Crippen LogP contribution in [0.2, 0.25) is 0 Å². The van der Waals surface area contributed by atoms with Crippen LogP contribution in [0.5, 0.6) is 0 Å². The van der Waals surface area contributed by atoms with Crippen molar-refractivity contribution in [3.8, 4) is 0 Å². The molecule has 0 saturated heterocycles. The predicted molar refractivity (Wildman–Crippen MR) is 79.9 cm³/mol. The van der Waals surface area contributed by atoms with E-state index >= 15 is 0 Å². The summed E-state index contributed by atoms with van der Waals surface area (Å²) in [5, 5.41) is 3.49. The molecule has 3 N–H and O–H groups in total. The van der Waals surface area contributed by atoms with Gasteiger partial charge in [0.1, 0.15) is 0 Å². The molecule has 2 aromatic carbocycles. The van der Waals surface area contributed by atoms with Crippen LogP contribution in [0.1, 0.15) is 28.7 Å². The molecule has 0 saturated carbocycles. The van der Waals surface area contributed by atoms with Gasteiger partial charge in [-0.3, -0.25) is 0 Å². The summed E-state index contributed by atoms with van der Waals surface area (Å²) in [5.74, 6) is 0. The van der Waals surface area contributed by atoms with Crippen LogP contribution in [0.3, 0.4) is 0 Å². The number of nitrogens with one attached hydrogen (secondary N) is 1. The number of hydrogen-bond donors (Lipinski definition) is 2. The van der Waals surface area contributed by atoms with Gasteiger partial charge in [-0.25, -0.2) is 0 Å². The summed E-state index contributed by atoms with van der Waals surface area (Å²) in [7, 11) is 0. The van der Waals surface area contributed by atoms with Gasteiger partial charge in [-0.05, 0) is 53.6 Å². The molecular formula is C17H20N2. The van der Waals surface area contributed by atoms with Crippen molar-refractivity contribution < 1.29 is 0 Å². The van der Waals surface area contributed by atoms with Crippen LogP contribution < -0.4 is 11.1 Å². The van der Waals surface area contributed by atoms with Gasteiger partial charge in [0.05, 0.1) is 0 Å². The summed E-state index contributed by atoms with van der Waals surface area (Å²) in [5.41, 5.74) is 12.3. The largest absolute Gasteiger partial charge is 0.399 e. The smallest absolute Gasteiger partial charge is 0.0314 e. The van der Waals surface area contributed by atoms with Crippen molar-refractivity contribution in [2.45, 2.75) is 32.4 Å². The first-order valence-electron chi connectivity index (χ1n) is 6.97. The van der Waals surface area contributed by atoms with Crippen molar-refractivity contribution in [1.82, 2.24) is 5.32 Å². The number of fused-ring (bicyclic) bond motifs is 1. The van der Waals surface area contributed by atoms with E-state index in [9.17, 15) is 0 Å². The number of anilines is 1. The molecule has 0 bridgehead atoms. The second-order valence-corrected chi connectivity index (χ2v) is 5.30. The number of nitrogen functional groups attached to an aromatic ring is 1. The Bertz CT molecular complexity index is 558. The molecule has 2 nitrogen and oxygen atoms in total. The maximum atomic E-state index is 5.68. The maximum Gasteiger partial charge on any atom is 0.0314 e. The Hall–Kier alpha value is -1.80. The normalized spacial score (nSPS) is 13.5. The van der Waals surface area contributed by atoms with Crippen molar-refractivity contribution in [3.63, 3.8) is 0 Å². The molecule has 1 aliphatic carbocycles. The topological polar surface area (TPSA) is 38.0 Å². The number of nitrogens with two attached hydrogens (primary N) is 1. The highest BCUT2D eigenvalue weighted by atomic mass is 14.8. The van der Waals surface area contributed by atoms with Crippen LogP contribution in [0.15, 0.2) is 42.5 Å². The number of aryl methyl sites for hydroxylation is 2. The summed E-state index contributed by atoms with van der Waals surface area (Å²) in [6.07, 6.45) is 3.83. The highest BCUT2D eigenvalue weighted by Gasteiger charge is 2.10. The van der Waals surface area contributed by atoms with Gasteiger partial charge in [-0.2, -0.15) is 0 Å².